The van der Waals surface area contributed by atoms with Crippen LogP contribution in [0.1, 0.15) is 53.0 Å². The second-order valence-electron chi connectivity index (χ2n) is 7.85. The van der Waals surface area contributed by atoms with E-state index in [-0.39, 0.29) is 11.8 Å². The maximum Gasteiger partial charge on any atom is 0.335 e. The molecule has 0 spiro atoms. The first-order valence-corrected chi connectivity index (χ1v) is 11.3. The van der Waals surface area contributed by atoms with Crippen molar-refractivity contribution in [2.75, 3.05) is 6.61 Å². The maximum absolute atomic E-state index is 12.9. The van der Waals surface area contributed by atoms with Gasteiger partial charge in [0.05, 0.1) is 18.9 Å². The molecule has 0 aliphatic carbocycles. The Balaban J connectivity index is 1.61. The Morgan fingerprint density at radius 3 is 2.55 bits per heavy atom. The lowest BCUT2D eigenvalue weighted by atomic mass is 10.1. The fraction of sp³-hybridized carbons (Fsp3) is 0.286. The average Bonchev–Trinajstić information content (AvgIpc) is 3.28. The molecule has 172 valence electrons. The summed E-state index contributed by atoms with van der Waals surface area (Å²) in [6.07, 6.45) is 5.98. The van der Waals surface area contributed by atoms with Crippen molar-refractivity contribution in [3.05, 3.63) is 101 Å². The molecule has 0 radical (unpaired) electrons. The third-order valence-corrected chi connectivity index (χ3v) is 5.31. The molecule has 0 fully saturated rings. The monoisotopic (exact) mass is 445 g/mol. The molecule has 0 N–H and O–H groups in total. The van der Waals surface area contributed by atoms with Crippen LogP contribution in [-0.2, 0) is 27.4 Å². The van der Waals surface area contributed by atoms with Crippen molar-refractivity contribution >= 4 is 17.8 Å². The lowest BCUT2D eigenvalue weighted by molar-refractivity contribution is -0.157. The zero-order chi connectivity index (χ0) is 23.6. The minimum Gasteiger partial charge on any atom is -0.464 e. The summed E-state index contributed by atoms with van der Waals surface area (Å²) < 4.78 is 12.8. The molecule has 5 nitrogen and oxygen atoms in total. The number of esters is 1. The Morgan fingerprint density at radius 2 is 1.82 bits per heavy atom. The van der Waals surface area contributed by atoms with Gasteiger partial charge in [0, 0.05) is 18.3 Å². The van der Waals surface area contributed by atoms with Crippen molar-refractivity contribution in [1.82, 2.24) is 4.57 Å². The van der Waals surface area contributed by atoms with E-state index < -0.39 is 6.10 Å². The van der Waals surface area contributed by atoms with Gasteiger partial charge in [0.2, 0.25) is 5.78 Å². The Morgan fingerprint density at radius 1 is 1.03 bits per heavy atom. The summed E-state index contributed by atoms with van der Waals surface area (Å²) in [4.78, 5) is 24.8. The summed E-state index contributed by atoms with van der Waals surface area (Å²) in [5.41, 5.74) is 4.49. The third-order valence-electron chi connectivity index (χ3n) is 5.31. The highest BCUT2D eigenvalue weighted by Crippen LogP contribution is 2.14. The first-order valence-electron chi connectivity index (χ1n) is 11.3. The van der Waals surface area contributed by atoms with Crippen molar-refractivity contribution in [2.45, 2.75) is 46.4 Å². The Bertz CT molecular complexity index is 1100. The molecule has 0 amide bonds. The van der Waals surface area contributed by atoms with E-state index in [2.05, 4.69) is 0 Å². The Kier molecular flexibility index (Phi) is 8.79. The number of aryl methyl sites for hydroxylation is 1. The van der Waals surface area contributed by atoms with E-state index in [9.17, 15) is 9.59 Å². The zero-order valence-electron chi connectivity index (χ0n) is 19.5. The van der Waals surface area contributed by atoms with E-state index in [4.69, 9.17) is 9.47 Å². The first kappa shape index (κ1) is 24.2. The Labute approximate surface area is 195 Å². The van der Waals surface area contributed by atoms with E-state index >= 15 is 0 Å². The van der Waals surface area contributed by atoms with Crippen LogP contribution in [0, 0.1) is 6.92 Å². The van der Waals surface area contributed by atoms with Crippen LogP contribution in [-0.4, -0.2) is 29.0 Å². The number of ketones is 1. The van der Waals surface area contributed by atoms with Gasteiger partial charge in [-0.3, -0.25) is 4.79 Å². The van der Waals surface area contributed by atoms with Crippen LogP contribution >= 0.6 is 0 Å². The van der Waals surface area contributed by atoms with Gasteiger partial charge in [0.25, 0.3) is 0 Å². The molecule has 2 aromatic carbocycles. The summed E-state index contributed by atoms with van der Waals surface area (Å²) in [5, 5.41) is 0. The van der Waals surface area contributed by atoms with Gasteiger partial charge in [-0.2, -0.15) is 0 Å². The molecule has 0 saturated heterocycles. The zero-order valence-corrected chi connectivity index (χ0v) is 19.5. The number of benzene rings is 2. The van der Waals surface area contributed by atoms with Crippen LogP contribution in [0.5, 0.6) is 0 Å². The van der Waals surface area contributed by atoms with Crippen molar-refractivity contribution in [2.24, 2.45) is 0 Å². The fourth-order valence-electron chi connectivity index (χ4n) is 3.51. The SMILES string of the molecule is CCOC(=O)C(CC)OCc1cccc(C=CCn2cccc2C(=O)c2ccc(C)cc2)c1. The van der Waals surface area contributed by atoms with E-state index in [1.54, 1.807) is 6.92 Å². The molecule has 1 heterocycles. The number of hydrogen-bond donors (Lipinski definition) is 0. The number of allylic oxidation sites excluding steroid dienone is 1. The molecular formula is C28H31NO4. The minimum absolute atomic E-state index is 0.0135. The molecule has 5 heteroatoms. The molecular weight excluding hydrogens is 414 g/mol. The molecule has 1 atom stereocenters. The quantitative estimate of drug-likeness (QED) is 0.285. The highest BCUT2D eigenvalue weighted by atomic mass is 16.6. The van der Waals surface area contributed by atoms with Crippen LogP contribution in [0.25, 0.3) is 6.08 Å². The van der Waals surface area contributed by atoms with E-state index in [1.807, 2.05) is 97.4 Å². The van der Waals surface area contributed by atoms with Crippen molar-refractivity contribution < 1.29 is 19.1 Å². The normalized spacial score (nSPS) is 12.1. The van der Waals surface area contributed by atoms with Crippen LogP contribution < -0.4 is 0 Å². The number of aromatic nitrogens is 1. The van der Waals surface area contributed by atoms with Gasteiger partial charge in [-0.25, -0.2) is 4.79 Å². The average molecular weight is 446 g/mol. The topological polar surface area (TPSA) is 57.5 Å². The minimum atomic E-state index is -0.553. The Hall–Kier alpha value is -3.44. The summed E-state index contributed by atoms with van der Waals surface area (Å²) >= 11 is 0. The van der Waals surface area contributed by atoms with E-state index in [1.165, 1.54) is 0 Å². The van der Waals surface area contributed by atoms with Gasteiger partial charge >= 0.3 is 5.97 Å². The number of carbonyl (C=O) groups is 2. The largest absolute Gasteiger partial charge is 0.464 e. The van der Waals surface area contributed by atoms with Crippen LogP contribution in [0.4, 0.5) is 0 Å². The number of carbonyl (C=O) groups excluding carboxylic acids is 2. The first-order chi connectivity index (χ1) is 16.0. The predicted octanol–water partition coefficient (Wildman–Crippen LogP) is 5.60. The summed E-state index contributed by atoms with van der Waals surface area (Å²) in [5.74, 6) is -0.307. The van der Waals surface area contributed by atoms with Crippen molar-refractivity contribution in [3.8, 4) is 0 Å². The molecule has 3 rings (SSSR count). The lowest BCUT2D eigenvalue weighted by Gasteiger charge is -2.14. The van der Waals surface area contributed by atoms with E-state index in [0.717, 1.165) is 16.7 Å². The van der Waals surface area contributed by atoms with E-state index in [0.29, 0.717) is 37.4 Å². The smallest absolute Gasteiger partial charge is 0.335 e. The second kappa shape index (κ2) is 12.0. The summed E-state index contributed by atoms with van der Waals surface area (Å²) in [7, 11) is 0. The van der Waals surface area contributed by atoms with Gasteiger partial charge in [-0.1, -0.05) is 67.1 Å². The second-order valence-corrected chi connectivity index (χ2v) is 7.85. The molecule has 0 aliphatic heterocycles. The molecule has 3 aromatic rings. The highest BCUT2D eigenvalue weighted by Gasteiger charge is 2.18. The number of rotatable bonds is 11. The maximum atomic E-state index is 12.9. The van der Waals surface area contributed by atoms with Crippen LogP contribution in [0.15, 0.2) is 72.9 Å². The van der Waals surface area contributed by atoms with Crippen molar-refractivity contribution in [3.63, 3.8) is 0 Å². The highest BCUT2D eigenvalue weighted by molar-refractivity contribution is 6.08. The molecule has 0 saturated carbocycles. The van der Waals surface area contributed by atoms with Crippen molar-refractivity contribution in [1.29, 1.82) is 0 Å². The number of hydrogen-bond acceptors (Lipinski definition) is 4. The lowest BCUT2D eigenvalue weighted by Crippen LogP contribution is -2.25. The predicted molar refractivity (Wildman–Crippen MR) is 130 cm³/mol. The molecule has 33 heavy (non-hydrogen) atoms. The number of nitrogens with zero attached hydrogens (tertiary/aromatic N) is 1. The molecule has 1 unspecified atom stereocenters. The number of ether oxygens (including phenoxy) is 2. The van der Waals surface area contributed by atoms with Gasteiger partial charge in [0.1, 0.15) is 0 Å². The van der Waals surface area contributed by atoms with Gasteiger partial charge in [-0.05, 0) is 49.6 Å². The standard InChI is InChI=1S/C28H31NO4/c1-4-26(28(31)32-5-2)33-20-23-10-6-9-22(19-23)11-7-17-29-18-8-12-25(29)27(30)24-15-13-21(3)14-16-24/h6-16,18-19,26H,4-5,17,20H2,1-3H3. The van der Waals surface area contributed by atoms with Gasteiger partial charge < -0.3 is 14.0 Å². The van der Waals surface area contributed by atoms with Crippen LogP contribution in [0.2, 0.25) is 0 Å². The molecule has 0 aliphatic rings. The third kappa shape index (κ3) is 6.77. The fourth-order valence-corrected chi connectivity index (χ4v) is 3.51. The van der Waals surface area contributed by atoms with Crippen LogP contribution in [0.3, 0.4) is 0 Å². The molecule has 0 bridgehead atoms. The molecule has 1 aromatic heterocycles. The summed E-state index contributed by atoms with van der Waals surface area (Å²) in [6.45, 7) is 6.96. The summed E-state index contributed by atoms with van der Waals surface area (Å²) in [6, 6.07) is 19.3. The van der Waals surface area contributed by atoms with Gasteiger partial charge in [-0.15, -0.1) is 0 Å². The van der Waals surface area contributed by atoms with Gasteiger partial charge in [0.15, 0.2) is 6.10 Å².